The maximum Gasteiger partial charge on any atom is 0.255 e. The number of fused-ring (bicyclic) bond motifs is 1. The highest BCUT2D eigenvalue weighted by Crippen LogP contribution is 2.23. The summed E-state index contributed by atoms with van der Waals surface area (Å²) in [4.78, 5) is 24.6. The molecule has 0 radical (unpaired) electrons. The SMILES string of the molecule is CC(C)CNc1nc2c(cc1C(=O)NC(C)C)CCN(Cc1ccccn1)CC2. The molecule has 0 fully saturated rings. The zero-order valence-corrected chi connectivity index (χ0v) is 18.0. The topological polar surface area (TPSA) is 70.2 Å². The molecule has 2 N–H and O–H groups in total. The summed E-state index contributed by atoms with van der Waals surface area (Å²) in [6, 6.07) is 8.18. The molecule has 0 aromatic carbocycles. The van der Waals surface area contributed by atoms with Crippen molar-refractivity contribution in [3.05, 3.63) is 53.0 Å². The molecule has 0 spiro atoms. The first kappa shape index (κ1) is 21.2. The molecular formula is C23H33N5O. The van der Waals surface area contributed by atoms with Gasteiger partial charge in [-0.3, -0.25) is 14.7 Å². The molecule has 0 bridgehead atoms. The van der Waals surface area contributed by atoms with Crippen molar-refractivity contribution >= 4 is 11.7 Å². The van der Waals surface area contributed by atoms with Crippen LogP contribution >= 0.6 is 0 Å². The minimum atomic E-state index is -0.0591. The Hall–Kier alpha value is -2.47. The Bertz CT molecular complexity index is 820. The summed E-state index contributed by atoms with van der Waals surface area (Å²) in [7, 11) is 0. The smallest absolute Gasteiger partial charge is 0.255 e. The molecule has 6 heteroatoms. The number of nitrogens with one attached hydrogen (secondary N) is 2. The second-order valence-electron chi connectivity index (χ2n) is 8.49. The van der Waals surface area contributed by atoms with Crippen molar-refractivity contribution in [1.82, 2.24) is 20.2 Å². The maximum atomic E-state index is 12.8. The molecule has 3 rings (SSSR count). The molecule has 0 aliphatic carbocycles. The van der Waals surface area contributed by atoms with E-state index >= 15 is 0 Å². The fourth-order valence-electron chi connectivity index (χ4n) is 3.51. The summed E-state index contributed by atoms with van der Waals surface area (Å²) in [5.74, 6) is 1.12. The van der Waals surface area contributed by atoms with Crippen LogP contribution in [0, 0.1) is 5.92 Å². The molecule has 1 aliphatic heterocycles. The Morgan fingerprint density at radius 1 is 1.17 bits per heavy atom. The lowest BCUT2D eigenvalue weighted by atomic mass is 10.0. The molecule has 0 atom stereocenters. The molecule has 6 nitrogen and oxygen atoms in total. The zero-order valence-electron chi connectivity index (χ0n) is 18.0. The Morgan fingerprint density at radius 3 is 2.66 bits per heavy atom. The minimum absolute atomic E-state index is 0.0591. The molecule has 1 aliphatic rings. The maximum absolute atomic E-state index is 12.8. The Kier molecular flexibility index (Phi) is 7.20. The number of hydrogen-bond acceptors (Lipinski definition) is 5. The van der Waals surface area contributed by atoms with Crippen LogP contribution in [0.1, 0.15) is 55.0 Å². The summed E-state index contributed by atoms with van der Waals surface area (Å²) in [5, 5.41) is 6.41. The van der Waals surface area contributed by atoms with E-state index in [1.807, 2.05) is 38.2 Å². The van der Waals surface area contributed by atoms with E-state index in [4.69, 9.17) is 4.98 Å². The van der Waals surface area contributed by atoms with Crippen LogP contribution in [0.15, 0.2) is 30.5 Å². The number of hydrogen-bond donors (Lipinski definition) is 2. The Morgan fingerprint density at radius 2 is 1.97 bits per heavy atom. The van der Waals surface area contributed by atoms with E-state index in [1.165, 1.54) is 5.56 Å². The average Bonchev–Trinajstić information content (AvgIpc) is 2.88. The monoisotopic (exact) mass is 395 g/mol. The van der Waals surface area contributed by atoms with Crippen molar-refractivity contribution in [2.75, 3.05) is 25.0 Å². The second kappa shape index (κ2) is 9.83. The lowest BCUT2D eigenvalue weighted by Gasteiger charge is -2.18. The number of aromatic nitrogens is 2. The normalized spacial score (nSPS) is 14.6. The molecule has 156 valence electrons. The average molecular weight is 396 g/mol. The lowest BCUT2D eigenvalue weighted by Crippen LogP contribution is -2.31. The van der Waals surface area contributed by atoms with Gasteiger partial charge < -0.3 is 10.6 Å². The third-order valence-corrected chi connectivity index (χ3v) is 5.01. The van der Waals surface area contributed by atoms with Gasteiger partial charge in [0.15, 0.2) is 0 Å². The predicted molar refractivity (Wildman–Crippen MR) is 117 cm³/mol. The van der Waals surface area contributed by atoms with Gasteiger partial charge in [0.1, 0.15) is 5.82 Å². The molecule has 1 amide bonds. The van der Waals surface area contributed by atoms with Gasteiger partial charge in [-0.05, 0) is 49.9 Å². The van der Waals surface area contributed by atoms with Crippen LogP contribution < -0.4 is 10.6 Å². The standard InChI is InChI=1S/C23H33N5O/c1-16(2)14-25-22-20(23(29)26-17(3)4)13-18-8-11-28(12-9-21(18)27-22)15-19-7-5-6-10-24-19/h5-7,10,13,16-17H,8-9,11-12,14-15H2,1-4H3,(H,25,27)(H,26,29). The van der Waals surface area contributed by atoms with Crippen LogP contribution in [0.5, 0.6) is 0 Å². The summed E-state index contributed by atoms with van der Waals surface area (Å²) >= 11 is 0. The van der Waals surface area contributed by atoms with Gasteiger partial charge in [-0.2, -0.15) is 0 Å². The van der Waals surface area contributed by atoms with Crippen LogP contribution in [0.25, 0.3) is 0 Å². The molecule has 0 saturated carbocycles. The predicted octanol–water partition coefficient (Wildman–Crippen LogP) is 3.28. The van der Waals surface area contributed by atoms with Gasteiger partial charge in [-0.1, -0.05) is 19.9 Å². The van der Waals surface area contributed by atoms with E-state index in [-0.39, 0.29) is 11.9 Å². The molecule has 3 heterocycles. The molecule has 2 aromatic heterocycles. The van der Waals surface area contributed by atoms with Crippen LogP contribution in [-0.4, -0.2) is 46.5 Å². The molecule has 0 saturated heterocycles. The number of carbonyl (C=O) groups is 1. The van der Waals surface area contributed by atoms with E-state index in [1.54, 1.807) is 0 Å². The Balaban J connectivity index is 1.80. The number of carbonyl (C=O) groups excluding carboxylic acids is 1. The summed E-state index contributed by atoms with van der Waals surface area (Å²) in [5.41, 5.74) is 4.01. The highest BCUT2D eigenvalue weighted by atomic mass is 16.1. The van der Waals surface area contributed by atoms with Gasteiger partial charge in [0.25, 0.3) is 5.91 Å². The first-order valence-electron chi connectivity index (χ1n) is 10.6. The van der Waals surface area contributed by atoms with Crippen molar-refractivity contribution in [3.63, 3.8) is 0 Å². The molecule has 2 aromatic rings. The minimum Gasteiger partial charge on any atom is -0.369 e. The first-order chi connectivity index (χ1) is 13.9. The highest BCUT2D eigenvalue weighted by Gasteiger charge is 2.21. The third kappa shape index (κ3) is 6.00. The zero-order chi connectivity index (χ0) is 20.8. The highest BCUT2D eigenvalue weighted by molar-refractivity contribution is 5.99. The number of anilines is 1. The van der Waals surface area contributed by atoms with Crippen molar-refractivity contribution in [1.29, 1.82) is 0 Å². The van der Waals surface area contributed by atoms with Crippen LogP contribution in [0.3, 0.4) is 0 Å². The van der Waals surface area contributed by atoms with E-state index in [0.717, 1.165) is 50.4 Å². The van der Waals surface area contributed by atoms with Gasteiger partial charge in [-0.15, -0.1) is 0 Å². The van der Waals surface area contributed by atoms with Crippen LogP contribution in [-0.2, 0) is 19.4 Å². The fraction of sp³-hybridized carbons (Fsp3) is 0.522. The van der Waals surface area contributed by atoms with E-state index in [9.17, 15) is 4.79 Å². The summed E-state index contributed by atoms with van der Waals surface area (Å²) < 4.78 is 0. The van der Waals surface area contributed by atoms with Gasteiger partial charge in [0, 0.05) is 50.5 Å². The summed E-state index contributed by atoms with van der Waals surface area (Å²) in [6.45, 7) is 11.8. The van der Waals surface area contributed by atoms with Gasteiger partial charge in [0.2, 0.25) is 0 Å². The molecular weight excluding hydrogens is 362 g/mol. The first-order valence-corrected chi connectivity index (χ1v) is 10.6. The quantitative estimate of drug-likeness (QED) is 0.753. The number of pyridine rings is 2. The third-order valence-electron chi connectivity index (χ3n) is 5.01. The van der Waals surface area contributed by atoms with Crippen molar-refractivity contribution < 1.29 is 4.79 Å². The van der Waals surface area contributed by atoms with Crippen molar-refractivity contribution in [2.45, 2.75) is 53.1 Å². The molecule has 29 heavy (non-hydrogen) atoms. The van der Waals surface area contributed by atoms with E-state index in [2.05, 4.69) is 40.4 Å². The number of nitrogens with zero attached hydrogens (tertiary/aromatic N) is 3. The van der Waals surface area contributed by atoms with E-state index in [0.29, 0.717) is 17.3 Å². The van der Waals surface area contributed by atoms with Crippen LogP contribution in [0.4, 0.5) is 5.82 Å². The summed E-state index contributed by atoms with van der Waals surface area (Å²) in [6.07, 6.45) is 3.61. The second-order valence-corrected chi connectivity index (χ2v) is 8.49. The largest absolute Gasteiger partial charge is 0.369 e. The van der Waals surface area contributed by atoms with Crippen molar-refractivity contribution in [3.8, 4) is 0 Å². The number of amides is 1. The molecule has 0 unspecified atom stereocenters. The fourth-order valence-corrected chi connectivity index (χ4v) is 3.51. The number of rotatable bonds is 7. The lowest BCUT2D eigenvalue weighted by molar-refractivity contribution is 0.0943. The van der Waals surface area contributed by atoms with Gasteiger partial charge >= 0.3 is 0 Å². The van der Waals surface area contributed by atoms with Crippen molar-refractivity contribution in [2.24, 2.45) is 5.92 Å². The Labute approximate surface area is 174 Å². The van der Waals surface area contributed by atoms with E-state index < -0.39 is 0 Å². The van der Waals surface area contributed by atoms with Gasteiger partial charge in [-0.25, -0.2) is 4.98 Å². The van der Waals surface area contributed by atoms with Gasteiger partial charge in [0.05, 0.1) is 11.3 Å². The van der Waals surface area contributed by atoms with Crippen LogP contribution in [0.2, 0.25) is 0 Å².